The van der Waals surface area contributed by atoms with Crippen molar-refractivity contribution >= 4 is 23.2 Å². The Morgan fingerprint density at radius 3 is 2.42 bits per heavy atom. The van der Waals surface area contributed by atoms with Gasteiger partial charge in [-0.25, -0.2) is 4.79 Å². The van der Waals surface area contributed by atoms with Gasteiger partial charge in [-0.3, -0.25) is 0 Å². The van der Waals surface area contributed by atoms with Gasteiger partial charge in [0.05, 0.1) is 23.6 Å². The second-order valence-corrected chi connectivity index (χ2v) is 5.91. The molecule has 0 aliphatic rings. The van der Waals surface area contributed by atoms with Crippen molar-refractivity contribution in [3.63, 3.8) is 0 Å². The van der Waals surface area contributed by atoms with E-state index in [9.17, 15) is 15.0 Å². The fourth-order valence-corrected chi connectivity index (χ4v) is 2.43. The molecule has 0 unspecified atom stereocenters. The zero-order valence-electron chi connectivity index (χ0n) is 14.3. The highest BCUT2D eigenvalue weighted by molar-refractivity contribution is 5.81. The highest BCUT2D eigenvalue weighted by atomic mass is 16.5. The summed E-state index contributed by atoms with van der Waals surface area (Å²) in [6.45, 7) is 0.0720. The third-order valence-corrected chi connectivity index (χ3v) is 3.93. The van der Waals surface area contributed by atoms with Gasteiger partial charge in [0.15, 0.2) is 0 Å². The highest BCUT2D eigenvalue weighted by Crippen LogP contribution is 2.32. The zero-order valence-corrected chi connectivity index (χ0v) is 14.3. The number of nitrogens with zero attached hydrogens (tertiary/aromatic N) is 1. The summed E-state index contributed by atoms with van der Waals surface area (Å²) in [5, 5.41) is 19.4. The second kappa shape index (κ2) is 8.82. The number of hydrogen-bond acceptors (Lipinski definition) is 6. The van der Waals surface area contributed by atoms with E-state index in [0.29, 0.717) is 17.9 Å². The Morgan fingerprint density at radius 2 is 1.77 bits per heavy atom. The highest BCUT2D eigenvalue weighted by Gasteiger charge is 2.18. The minimum absolute atomic E-state index is 0.0769. The molecule has 140 valence electrons. The molecule has 0 spiro atoms. The van der Waals surface area contributed by atoms with Crippen LogP contribution in [0.1, 0.15) is 5.56 Å². The number of hydrogen-bond donors (Lipinski definition) is 5. The van der Waals surface area contributed by atoms with E-state index >= 15 is 0 Å². The first-order valence-corrected chi connectivity index (χ1v) is 8.14. The molecule has 1 amide bonds. The van der Waals surface area contributed by atoms with Gasteiger partial charge in [0.25, 0.3) is 0 Å². The van der Waals surface area contributed by atoms with Crippen molar-refractivity contribution in [1.82, 2.24) is 4.90 Å². The maximum Gasteiger partial charge on any atom is 0.407 e. The van der Waals surface area contributed by atoms with Gasteiger partial charge in [-0.15, -0.1) is 0 Å². The van der Waals surface area contributed by atoms with Crippen molar-refractivity contribution in [3.05, 3.63) is 48.0 Å². The van der Waals surface area contributed by atoms with E-state index in [2.05, 4.69) is 0 Å². The van der Waals surface area contributed by atoms with E-state index in [4.69, 9.17) is 21.9 Å². The number of ether oxygens (including phenoxy) is 1. The van der Waals surface area contributed by atoms with Crippen LogP contribution in [0.15, 0.2) is 42.5 Å². The molecule has 1 atom stereocenters. The Bertz CT molecular complexity index is 739. The normalized spacial score (nSPS) is 11.7. The van der Waals surface area contributed by atoms with Gasteiger partial charge in [-0.05, 0) is 24.1 Å². The van der Waals surface area contributed by atoms with E-state index in [1.54, 1.807) is 12.1 Å². The lowest BCUT2D eigenvalue weighted by Crippen LogP contribution is -2.40. The van der Waals surface area contributed by atoms with Crippen LogP contribution in [0.2, 0.25) is 0 Å². The molecule has 8 N–H and O–H groups in total. The van der Waals surface area contributed by atoms with Crippen LogP contribution < -0.4 is 21.9 Å². The van der Waals surface area contributed by atoms with Crippen molar-refractivity contribution in [1.29, 1.82) is 0 Å². The molecular weight excluding hydrogens is 336 g/mol. The lowest BCUT2D eigenvalue weighted by atomic mass is 10.1. The number of rotatable bonds is 8. The van der Waals surface area contributed by atoms with Crippen molar-refractivity contribution in [2.75, 3.05) is 36.9 Å². The molecule has 0 fully saturated rings. The summed E-state index contributed by atoms with van der Waals surface area (Å²) in [5.41, 5.74) is 19.0. The monoisotopic (exact) mass is 360 g/mol. The minimum atomic E-state index is -1.10. The van der Waals surface area contributed by atoms with Gasteiger partial charge >= 0.3 is 6.09 Å². The molecule has 0 heterocycles. The van der Waals surface area contributed by atoms with Crippen LogP contribution in [0.3, 0.4) is 0 Å². The van der Waals surface area contributed by atoms with E-state index in [0.717, 1.165) is 10.5 Å². The summed E-state index contributed by atoms with van der Waals surface area (Å²) in [5.74, 6) is 0.293. The van der Waals surface area contributed by atoms with Gasteiger partial charge in [-0.1, -0.05) is 30.3 Å². The molecule has 8 heteroatoms. The van der Waals surface area contributed by atoms with E-state index < -0.39 is 12.2 Å². The first kappa shape index (κ1) is 19.2. The van der Waals surface area contributed by atoms with Crippen molar-refractivity contribution in [2.45, 2.75) is 12.5 Å². The summed E-state index contributed by atoms with van der Waals surface area (Å²) in [7, 11) is 0. The molecular formula is C18H24N4O4. The van der Waals surface area contributed by atoms with Gasteiger partial charge in [0.1, 0.15) is 18.5 Å². The second-order valence-electron chi connectivity index (χ2n) is 5.91. The maximum atomic E-state index is 11.4. The van der Waals surface area contributed by atoms with Crippen molar-refractivity contribution < 1.29 is 19.7 Å². The lowest BCUT2D eigenvalue weighted by Gasteiger charge is -2.23. The Kier molecular flexibility index (Phi) is 6.51. The van der Waals surface area contributed by atoms with Gasteiger partial charge in [0.2, 0.25) is 0 Å². The molecule has 26 heavy (non-hydrogen) atoms. The Hall–Kier alpha value is -3.13. The van der Waals surface area contributed by atoms with Crippen LogP contribution in [-0.2, 0) is 6.42 Å². The van der Waals surface area contributed by atoms with Crippen LogP contribution in [0.25, 0.3) is 0 Å². The summed E-state index contributed by atoms with van der Waals surface area (Å²) >= 11 is 0. The van der Waals surface area contributed by atoms with Crippen LogP contribution in [0.5, 0.6) is 5.75 Å². The average Bonchev–Trinajstić information content (AvgIpc) is 2.63. The zero-order chi connectivity index (χ0) is 19.1. The number of amides is 1. The first-order chi connectivity index (χ1) is 12.4. The third kappa shape index (κ3) is 5.18. The fraction of sp³-hybridized carbons (Fsp3) is 0.278. The third-order valence-electron chi connectivity index (χ3n) is 3.93. The van der Waals surface area contributed by atoms with E-state index in [1.165, 1.54) is 0 Å². The van der Waals surface area contributed by atoms with Crippen LogP contribution in [0.4, 0.5) is 21.9 Å². The Labute approximate surface area is 151 Å². The van der Waals surface area contributed by atoms with Gasteiger partial charge in [-0.2, -0.15) is 0 Å². The van der Waals surface area contributed by atoms with Gasteiger partial charge in [0, 0.05) is 6.54 Å². The summed E-state index contributed by atoms with van der Waals surface area (Å²) in [6.07, 6.45) is -1.56. The molecule has 0 radical (unpaired) electrons. The van der Waals surface area contributed by atoms with Gasteiger partial charge < -0.3 is 37.1 Å². The number of benzene rings is 2. The predicted octanol–water partition coefficient (Wildman–Crippen LogP) is 1.40. The SMILES string of the molecule is Nc1ccc(OC[C@H](O)CN(CCc2ccccc2)C(=O)O)c(N)c1N. The molecule has 2 aromatic carbocycles. The largest absolute Gasteiger partial charge is 0.489 e. The number of carbonyl (C=O) groups is 1. The number of nitrogen functional groups attached to an aromatic ring is 3. The smallest absolute Gasteiger partial charge is 0.407 e. The number of nitrogens with two attached hydrogens (primary N) is 3. The van der Waals surface area contributed by atoms with Crippen molar-refractivity contribution in [2.24, 2.45) is 0 Å². The first-order valence-electron chi connectivity index (χ1n) is 8.14. The van der Waals surface area contributed by atoms with Crippen molar-refractivity contribution in [3.8, 4) is 5.75 Å². The molecule has 0 aliphatic heterocycles. The molecule has 0 saturated heterocycles. The molecule has 2 rings (SSSR count). The summed E-state index contributed by atoms with van der Waals surface area (Å²) < 4.78 is 5.45. The topological polar surface area (TPSA) is 148 Å². The van der Waals surface area contributed by atoms with Crippen LogP contribution in [0, 0.1) is 0 Å². The minimum Gasteiger partial charge on any atom is -0.489 e. The van der Waals surface area contributed by atoms with E-state index in [1.807, 2.05) is 30.3 Å². The number of anilines is 3. The lowest BCUT2D eigenvalue weighted by molar-refractivity contribution is 0.0658. The number of carboxylic acid groups (broad SMARTS) is 1. The molecule has 0 aliphatic carbocycles. The Balaban J connectivity index is 1.88. The molecule has 2 aromatic rings. The quantitative estimate of drug-likeness (QED) is 0.447. The van der Waals surface area contributed by atoms with E-state index in [-0.39, 0.29) is 31.1 Å². The number of aliphatic hydroxyl groups is 1. The summed E-state index contributed by atoms with van der Waals surface area (Å²) in [6, 6.07) is 12.6. The Morgan fingerprint density at radius 1 is 1.08 bits per heavy atom. The molecule has 0 aromatic heterocycles. The van der Waals surface area contributed by atoms with Crippen LogP contribution >= 0.6 is 0 Å². The maximum absolute atomic E-state index is 11.4. The average molecular weight is 360 g/mol. The summed E-state index contributed by atoms with van der Waals surface area (Å²) in [4.78, 5) is 12.5. The standard InChI is InChI=1S/C18H24N4O4/c19-14-6-7-15(17(21)16(14)20)26-11-13(23)10-22(18(24)25)9-8-12-4-2-1-3-5-12/h1-7,13,23H,8-11,19-21H2,(H,24,25)/t13-/m1/s1. The van der Waals surface area contributed by atoms with Crippen LogP contribution in [-0.4, -0.2) is 47.0 Å². The number of aliphatic hydroxyl groups excluding tert-OH is 1. The fourth-order valence-electron chi connectivity index (χ4n) is 2.43. The predicted molar refractivity (Wildman–Crippen MR) is 101 cm³/mol. The molecule has 0 bridgehead atoms. The molecule has 0 saturated carbocycles. The molecule has 8 nitrogen and oxygen atoms in total.